The van der Waals surface area contributed by atoms with Crippen LogP contribution in [0.25, 0.3) is 23.3 Å². The summed E-state index contributed by atoms with van der Waals surface area (Å²) in [7, 11) is -3.50. The molecule has 1 aromatic heterocycles. The number of carbonyl (C=O) groups is 2. The van der Waals surface area contributed by atoms with Crippen LogP contribution < -0.4 is 10.1 Å². The zero-order valence-electron chi connectivity index (χ0n) is 23.6. The second-order valence-corrected chi connectivity index (χ2v) is 13.4. The minimum Gasteiger partial charge on any atom is -0.480 e. The number of carboxylic acid groups (broad SMARTS) is 1. The third-order valence-electron chi connectivity index (χ3n) is 6.65. The van der Waals surface area contributed by atoms with E-state index in [2.05, 4.69) is 26.2 Å². The molecule has 0 bridgehead atoms. The Morgan fingerprint density at radius 3 is 2.47 bits per heavy atom. The number of carbonyl (C=O) groups excluding carboxylic acids is 1. The lowest BCUT2D eigenvalue weighted by Crippen LogP contribution is -2.15. The quantitative estimate of drug-likeness (QED) is 0.136. The molecule has 45 heavy (non-hydrogen) atoms. The van der Waals surface area contributed by atoms with Gasteiger partial charge in [-0.25, -0.2) is 18.2 Å². The molecule has 5 aromatic rings. The van der Waals surface area contributed by atoms with Crippen molar-refractivity contribution in [2.24, 2.45) is 0 Å². The van der Waals surface area contributed by atoms with Gasteiger partial charge in [0.15, 0.2) is 22.0 Å². The maximum absolute atomic E-state index is 13.1. The van der Waals surface area contributed by atoms with Crippen LogP contribution in [0.2, 0.25) is 5.02 Å². The molecule has 12 heteroatoms. The topological polar surface area (TPSA) is 136 Å². The fourth-order valence-electron chi connectivity index (χ4n) is 4.42. The number of aliphatic carboxylic acids is 1. The van der Waals surface area contributed by atoms with Gasteiger partial charge in [0, 0.05) is 21.1 Å². The number of nitrogens with zero attached hydrogens (tertiary/aromatic N) is 1. The van der Waals surface area contributed by atoms with E-state index in [1.165, 1.54) is 24.3 Å². The number of nitrogens with one attached hydrogen (secondary N) is 1. The zero-order valence-corrected chi connectivity index (χ0v) is 26.7. The van der Waals surface area contributed by atoms with E-state index in [-0.39, 0.29) is 22.1 Å². The van der Waals surface area contributed by atoms with Crippen LogP contribution in [-0.4, -0.2) is 42.7 Å². The van der Waals surface area contributed by atoms with E-state index in [4.69, 9.17) is 25.9 Å². The molecular formula is C33H26BrClN2O7S. The lowest BCUT2D eigenvalue weighted by atomic mass is 10.1. The van der Waals surface area contributed by atoms with Crippen molar-refractivity contribution in [3.8, 4) is 5.75 Å². The van der Waals surface area contributed by atoms with Crippen LogP contribution in [0.15, 0.2) is 98.7 Å². The van der Waals surface area contributed by atoms with Crippen molar-refractivity contribution < 1.29 is 32.3 Å². The molecule has 0 spiro atoms. The lowest BCUT2D eigenvalue weighted by Gasteiger charge is -2.14. The number of aromatic nitrogens is 1. The van der Waals surface area contributed by atoms with E-state index in [1.54, 1.807) is 48.5 Å². The van der Waals surface area contributed by atoms with Crippen LogP contribution in [0.3, 0.4) is 0 Å². The highest BCUT2D eigenvalue weighted by atomic mass is 79.9. The highest BCUT2D eigenvalue weighted by molar-refractivity contribution is 9.10. The van der Waals surface area contributed by atoms with Crippen molar-refractivity contribution in [3.05, 3.63) is 117 Å². The maximum atomic E-state index is 13.1. The van der Waals surface area contributed by atoms with E-state index in [0.29, 0.717) is 34.9 Å². The highest BCUT2D eigenvalue weighted by Crippen LogP contribution is 2.28. The number of fused-ring (bicyclic) bond motifs is 1. The van der Waals surface area contributed by atoms with Gasteiger partial charge in [0.05, 0.1) is 16.3 Å². The maximum Gasteiger partial charge on any atom is 0.341 e. The molecule has 4 aromatic carbocycles. The zero-order chi connectivity index (χ0) is 32.0. The summed E-state index contributed by atoms with van der Waals surface area (Å²) in [5, 5.41) is 12.3. The SMILES string of the molecule is O=C(O)COc1ccc(CCCS(=O)(=O)c2ccc(Cl)cc2)cc1NC(=O)c1ccc(/C=C/c2nc3cc(Br)ccc3o2)cc1. The van der Waals surface area contributed by atoms with Gasteiger partial charge in [-0.2, -0.15) is 0 Å². The first-order chi connectivity index (χ1) is 21.6. The molecule has 9 nitrogen and oxygen atoms in total. The first-order valence-electron chi connectivity index (χ1n) is 13.7. The van der Waals surface area contributed by atoms with Gasteiger partial charge in [-0.15, -0.1) is 0 Å². The monoisotopic (exact) mass is 708 g/mol. The van der Waals surface area contributed by atoms with Crippen LogP contribution in [0.4, 0.5) is 5.69 Å². The van der Waals surface area contributed by atoms with Crippen molar-refractivity contribution in [2.45, 2.75) is 17.7 Å². The third kappa shape index (κ3) is 8.59. The second-order valence-electron chi connectivity index (χ2n) is 9.96. The number of aryl methyl sites for hydroxylation is 1. The number of benzene rings is 4. The van der Waals surface area contributed by atoms with E-state index in [1.807, 2.05) is 24.3 Å². The number of halogens is 2. The molecule has 0 aliphatic carbocycles. The van der Waals surface area contributed by atoms with Gasteiger partial charge in [-0.3, -0.25) is 4.79 Å². The second kappa shape index (κ2) is 14.1. The summed E-state index contributed by atoms with van der Waals surface area (Å²) >= 11 is 9.28. The number of oxazole rings is 1. The Morgan fingerprint density at radius 2 is 1.73 bits per heavy atom. The Hall–Kier alpha value is -4.45. The van der Waals surface area contributed by atoms with Crippen LogP contribution in [0.5, 0.6) is 5.75 Å². The summed E-state index contributed by atoms with van der Waals surface area (Å²) in [6, 6.07) is 23.3. The first-order valence-corrected chi connectivity index (χ1v) is 16.5. The number of sulfone groups is 1. The van der Waals surface area contributed by atoms with Crippen molar-refractivity contribution >= 4 is 78.2 Å². The minimum atomic E-state index is -3.50. The van der Waals surface area contributed by atoms with Gasteiger partial charge < -0.3 is 19.6 Å². The number of anilines is 1. The predicted octanol–water partition coefficient (Wildman–Crippen LogP) is 7.54. The largest absolute Gasteiger partial charge is 0.480 e. The predicted molar refractivity (Wildman–Crippen MR) is 176 cm³/mol. The van der Waals surface area contributed by atoms with Gasteiger partial charge >= 0.3 is 5.97 Å². The van der Waals surface area contributed by atoms with E-state index in [9.17, 15) is 18.0 Å². The molecule has 1 heterocycles. The fourth-order valence-corrected chi connectivity index (χ4v) is 6.20. The number of ether oxygens (including phenoxy) is 1. The Labute approximate surface area is 272 Å². The number of rotatable bonds is 12. The van der Waals surface area contributed by atoms with Gasteiger partial charge in [-0.1, -0.05) is 45.7 Å². The summed E-state index contributed by atoms with van der Waals surface area (Å²) in [6.07, 6.45) is 4.27. The average Bonchev–Trinajstić information content (AvgIpc) is 3.42. The van der Waals surface area contributed by atoms with E-state index in [0.717, 1.165) is 21.1 Å². The molecule has 0 saturated heterocycles. The van der Waals surface area contributed by atoms with Crippen molar-refractivity contribution in [1.82, 2.24) is 4.98 Å². The molecular weight excluding hydrogens is 684 g/mol. The molecule has 5 rings (SSSR count). The van der Waals surface area contributed by atoms with Gasteiger partial charge in [0.25, 0.3) is 5.91 Å². The number of hydrogen-bond donors (Lipinski definition) is 2. The lowest BCUT2D eigenvalue weighted by molar-refractivity contribution is -0.139. The van der Waals surface area contributed by atoms with E-state index < -0.39 is 28.3 Å². The summed E-state index contributed by atoms with van der Waals surface area (Å²) in [5.74, 6) is -1.07. The Kier molecular flexibility index (Phi) is 10.0. The van der Waals surface area contributed by atoms with Crippen LogP contribution in [-0.2, 0) is 21.1 Å². The van der Waals surface area contributed by atoms with Crippen LogP contribution in [0, 0.1) is 0 Å². The molecule has 0 unspecified atom stereocenters. The average molecular weight is 710 g/mol. The Bertz CT molecular complexity index is 1990. The molecule has 230 valence electrons. The fraction of sp³-hybridized carbons (Fsp3) is 0.121. The third-order valence-corrected chi connectivity index (χ3v) is 9.21. The molecule has 0 radical (unpaired) electrons. The van der Waals surface area contributed by atoms with Crippen molar-refractivity contribution in [2.75, 3.05) is 17.7 Å². The molecule has 0 fully saturated rings. The number of hydrogen-bond acceptors (Lipinski definition) is 7. The minimum absolute atomic E-state index is 0.0847. The van der Waals surface area contributed by atoms with Crippen LogP contribution in [0.1, 0.15) is 33.8 Å². The van der Waals surface area contributed by atoms with Crippen molar-refractivity contribution in [3.63, 3.8) is 0 Å². The van der Waals surface area contributed by atoms with Crippen molar-refractivity contribution in [1.29, 1.82) is 0 Å². The number of amides is 1. The molecule has 0 aliphatic heterocycles. The Morgan fingerprint density at radius 1 is 0.978 bits per heavy atom. The molecule has 0 aliphatic rings. The van der Waals surface area contributed by atoms with E-state index >= 15 is 0 Å². The highest BCUT2D eigenvalue weighted by Gasteiger charge is 2.16. The molecule has 0 saturated carbocycles. The van der Waals surface area contributed by atoms with Gasteiger partial charge in [0.2, 0.25) is 5.89 Å². The summed E-state index contributed by atoms with van der Waals surface area (Å²) < 4.78 is 37.4. The van der Waals surface area contributed by atoms with Crippen LogP contribution >= 0.6 is 27.5 Å². The normalized spacial score (nSPS) is 11.6. The summed E-state index contributed by atoms with van der Waals surface area (Å²) in [4.78, 5) is 28.9. The smallest absolute Gasteiger partial charge is 0.341 e. The molecule has 2 N–H and O–H groups in total. The Balaban J connectivity index is 1.25. The summed E-state index contributed by atoms with van der Waals surface area (Å²) in [6.45, 7) is -0.597. The summed E-state index contributed by atoms with van der Waals surface area (Å²) in [5.41, 5.74) is 3.59. The molecule has 1 amide bonds. The number of carboxylic acids is 1. The molecule has 0 atom stereocenters. The van der Waals surface area contributed by atoms with Gasteiger partial charge in [0.1, 0.15) is 11.3 Å². The standard InChI is InChI=1S/C33H26BrClN2O7S/c34-24-9-15-30-28(19-24)36-31(44-30)16-6-21-3-7-23(8-4-21)33(40)37-27-18-22(5-14-29(27)43-20-32(38)39)2-1-17-45(41,42)26-12-10-25(35)11-13-26/h3-16,18-19H,1-2,17,20H2,(H,37,40)(H,38,39)/b16-6+. The van der Waals surface area contributed by atoms with Gasteiger partial charge in [-0.05, 0) is 96.8 Å². The first kappa shape index (κ1) is 32.0.